The zero-order valence-corrected chi connectivity index (χ0v) is 28.8. The summed E-state index contributed by atoms with van der Waals surface area (Å²) in [6.45, 7) is 2.14. The second-order valence-corrected chi connectivity index (χ2v) is 13.7. The van der Waals surface area contributed by atoms with Crippen LogP contribution in [0.25, 0.3) is 44.2 Å². The molecule has 52 heavy (non-hydrogen) atoms. The number of para-hydroxylation sites is 2. The molecule has 0 aliphatic heterocycles. The molecule has 1 heterocycles. The molecule has 0 spiro atoms. The first-order chi connectivity index (χ1) is 25.7. The van der Waals surface area contributed by atoms with Crippen molar-refractivity contribution in [3.8, 4) is 22.3 Å². The van der Waals surface area contributed by atoms with Crippen LogP contribution >= 0.6 is 0 Å². The third kappa shape index (κ3) is 4.51. The molecule has 0 amide bonds. The van der Waals surface area contributed by atoms with Crippen molar-refractivity contribution in [3.63, 3.8) is 0 Å². The van der Waals surface area contributed by atoms with E-state index in [2.05, 4.69) is 206 Å². The molecule has 8 aromatic carbocycles. The number of nitrogens with zero attached hydrogens (tertiary/aromatic N) is 1. The molecule has 2 heteroatoms. The van der Waals surface area contributed by atoms with Gasteiger partial charge in [-0.05, 0) is 82.3 Å². The molecule has 2 nitrogen and oxygen atoms in total. The molecule has 1 aromatic heterocycles. The molecular weight excluding hydrogens is 631 g/mol. The van der Waals surface area contributed by atoms with E-state index in [0.29, 0.717) is 0 Å². The van der Waals surface area contributed by atoms with Gasteiger partial charge in [0.25, 0.3) is 0 Å². The van der Waals surface area contributed by atoms with E-state index in [1.54, 1.807) is 0 Å². The molecule has 10 rings (SSSR count). The first kappa shape index (κ1) is 30.2. The monoisotopic (exact) mass is 665 g/mol. The summed E-state index contributed by atoms with van der Waals surface area (Å²) in [6, 6.07) is 70.0. The third-order valence-electron chi connectivity index (χ3n) is 10.8. The molecular formula is C50H35NO. The normalized spacial score (nSPS) is 12.9. The Labute approximate surface area is 303 Å². The van der Waals surface area contributed by atoms with Gasteiger partial charge in [0.15, 0.2) is 0 Å². The van der Waals surface area contributed by atoms with Crippen molar-refractivity contribution in [2.45, 2.75) is 12.3 Å². The molecule has 0 unspecified atom stereocenters. The van der Waals surface area contributed by atoms with Gasteiger partial charge >= 0.3 is 0 Å². The summed E-state index contributed by atoms with van der Waals surface area (Å²) in [5.74, 6) is 0. The van der Waals surface area contributed by atoms with Gasteiger partial charge in [-0.25, -0.2) is 0 Å². The standard InChI is InChI=1S/C50H35NO/c1-34-15-13-22-40(33-34)51(38-20-9-4-10-21-38)39-29-27-35(28-30-39)41-24-14-25-42-43-31-32-46-47(49(43)52-48(41)42)44-23-11-12-26-45(44)50(46,36-16-5-2-6-17-36)37-18-7-3-8-19-37/h2-33H,1H3. The minimum atomic E-state index is -0.470. The van der Waals surface area contributed by atoms with Crippen molar-refractivity contribution in [2.24, 2.45) is 0 Å². The van der Waals surface area contributed by atoms with Gasteiger partial charge in [-0.1, -0.05) is 158 Å². The lowest BCUT2D eigenvalue weighted by molar-refractivity contribution is 0.670. The van der Waals surface area contributed by atoms with Crippen molar-refractivity contribution in [3.05, 3.63) is 222 Å². The highest BCUT2D eigenvalue weighted by Crippen LogP contribution is 2.58. The minimum Gasteiger partial charge on any atom is -0.455 e. The molecule has 9 aromatic rings. The fraction of sp³-hybridized carbons (Fsp3) is 0.0400. The summed E-state index contributed by atoms with van der Waals surface area (Å²) in [6.07, 6.45) is 0. The van der Waals surface area contributed by atoms with Crippen molar-refractivity contribution >= 4 is 39.0 Å². The van der Waals surface area contributed by atoms with Gasteiger partial charge in [-0.3, -0.25) is 0 Å². The first-order valence-electron chi connectivity index (χ1n) is 17.9. The number of furan rings is 1. The predicted molar refractivity (Wildman–Crippen MR) is 216 cm³/mol. The van der Waals surface area contributed by atoms with Gasteiger partial charge in [-0.15, -0.1) is 0 Å². The molecule has 246 valence electrons. The van der Waals surface area contributed by atoms with Crippen LogP contribution in [0, 0.1) is 6.92 Å². The SMILES string of the molecule is Cc1cccc(N(c2ccccc2)c2ccc(-c3cccc4c3oc3c5c(ccc34)C(c3ccccc3)(c3ccccc3)c3ccccc3-5)cc2)c1. The lowest BCUT2D eigenvalue weighted by Gasteiger charge is -2.33. The lowest BCUT2D eigenvalue weighted by atomic mass is 9.68. The fourth-order valence-corrected chi connectivity index (χ4v) is 8.59. The highest BCUT2D eigenvalue weighted by molar-refractivity contribution is 6.15. The van der Waals surface area contributed by atoms with Crippen LogP contribution in [0.1, 0.15) is 27.8 Å². The van der Waals surface area contributed by atoms with E-state index in [1.807, 2.05) is 0 Å². The van der Waals surface area contributed by atoms with E-state index >= 15 is 0 Å². The maximum absolute atomic E-state index is 7.12. The van der Waals surface area contributed by atoms with Crippen LogP contribution in [-0.2, 0) is 5.41 Å². The Kier molecular flexibility index (Phi) is 6.97. The minimum absolute atomic E-state index is 0.470. The maximum Gasteiger partial charge on any atom is 0.143 e. The van der Waals surface area contributed by atoms with E-state index < -0.39 is 5.41 Å². The number of benzene rings is 8. The summed E-state index contributed by atoms with van der Waals surface area (Å²) < 4.78 is 7.12. The van der Waals surface area contributed by atoms with Crippen molar-refractivity contribution < 1.29 is 4.42 Å². The van der Waals surface area contributed by atoms with Gasteiger partial charge in [0.1, 0.15) is 11.2 Å². The molecule has 1 aliphatic carbocycles. The van der Waals surface area contributed by atoms with Crippen LogP contribution in [0.2, 0.25) is 0 Å². The number of hydrogen-bond donors (Lipinski definition) is 0. The number of rotatable bonds is 6. The fourth-order valence-electron chi connectivity index (χ4n) is 8.59. The zero-order valence-electron chi connectivity index (χ0n) is 28.8. The number of fused-ring (bicyclic) bond motifs is 7. The molecule has 0 atom stereocenters. The summed E-state index contributed by atoms with van der Waals surface area (Å²) in [5.41, 5.74) is 15.6. The molecule has 0 saturated carbocycles. The maximum atomic E-state index is 7.12. The molecule has 0 radical (unpaired) electrons. The van der Waals surface area contributed by atoms with Gasteiger partial charge in [0.05, 0.1) is 5.41 Å². The van der Waals surface area contributed by atoms with Crippen LogP contribution in [0.3, 0.4) is 0 Å². The van der Waals surface area contributed by atoms with Gasteiger partial charge in [0.2, 0.25) is 0 Å². The van der Waals surface area contributed by atoms with Crippen molar-refractivity contribution in [1.29, 1.82) is 0 Å². The van der Waals surface area contributed by atoms with E-state index in [1.165, 1.54) is 38.9 Å². The number of anilines is 3. The summed E-state index contributed by atoms with van der Waals surface area (Å²) in [7, 11) is 0. The predicted octanol–water partition coefficient (Wildman–Crippen LogP) is 13.4. The third-order valence-corrected chi connectivity index (χ3v) is 10.8. The topological polar surface area (TPSA) is 16.4 Å². The molecule has 0 bridgehead atoms. The summed E-state index contributed by atoms with van der Waals surface area (Å²) >= 11 is 0. The average molecular weight is 666 g/mol. The van der Waals surface area contributed by atoms with Gasteiger partial charge in [-0.2, -0.15) is 0 Å². The van der Waals surface area contributed by atoms with Crippen molar-refractivity contribution in [2.75, 3.05) is 4.90 Å². The second-order valence-electron chi connectivity index (χ2n) is 13.7. The molecule has 0 N–H and O–H groups in total. The van der Waals surface area contributed by atoms with E-state index in [9.17, 15) is 0 Å². The Morgan fingerprint density at radius 2 is 1.00 bits per heavy atom. The van der Waals surface area contributed by atoms with Crippen LogP contribution < -0.4 is 4.90 Å². The number of aryl methyl sites for hydroxylation is 1. The lowest BCUT2D eigenvalue weighted by Crippen LogP contribution is -2.28. The Balaban J connectivity index is 1.16. The van der Waals surface area contributed by atoms with Crippen LogP contribution in [-0.4, -0.2) is 0 Å². The highest BCUT2D eigenvalue weighted by atomic mass is 16.3. The molecule has 0 fully saturated rings. The van der Waals surface area contributed by atoms with E-state index in [0.717, 1.165) is 50.1 Å². The van der Waals surface area contributed by atoms with E-state index in [-0.39, 0.29) is 0 Å². The Bertz CT molecular complexity index is 2690. The van der Waals surface area contributed by atoms with E-state index in [4.69, 9.17) is 4.42 Å². The smallest absolute Gasteiger partial charge is 0.143 e. The highest BCUT2D eigenvalue weighted by Gasteiger charge is 2.47. The van der Waals surface area contributed by atoms with Gasteiger partial charge in [0, 0.05) is 39.0 Å². The summed E-state index contributed by atoms with van der Waals surface area (Å²) in [5, 5.41) is 2.26. The zero-order chi connectivity index (χ0) is 34.6. The summed E-state index contributed by atoms with van der Waals surface area (Å²) in [4.78, 5) is 2.31. The van der Waals surface area contributed by atoms with Gasteiger partial charge < -0.3 is 9.32 Å². The van der Waals surface area contributed by atoms with Crippen molar-refractivity contribution in [1.82, 2.24) is 0 Å². The van der Waals surface area contributed by atoms with Crippen LogP contribution in [0.15, 0.2) is 199 Å². The Morgan fingerprint density at radius 3 is 1.71 bits per heavy atom. The Hall–Kier alpha value is -6.64. The molecule has 1 aliphatic rings. The number of hydrogen-bond acceptors (Lipinski definition) is 2. The largest absolute Gasteiger partial charge is 0.455 e. The molecule has 0 saturated heterocycles. The second kappa shape index (κ2) is 12.0. The first-order valence-corrected chi connectivity index (χ1v) is 17.9. The van der Waals surface area contributed by atoms with Crippen LogP contribution in [0.5, 0.6) is 0 Å². The average Bonchev–Trinajstić information content (AvgIpc) is 3.74. The Morgan fingerprint density at radius 1 is 0.423 bits per heavy atom. The quantitative estimate of drug-likeness (QED) is 0.176. The van der Waals surface area contributed by atoms with Crippen LogP contribution in [0.4, 0.5) is 17.1 Å².